The lowest BCUT2D eigenvalue weighted by Crippen LogP contribution is -2.22. The van der Waals surface area contributed by atoms with Crippen molar-refractivity contribution in [3.63, 3.8) is 0 Å². The molecule has 3 heteroatoms. The summed E-state index contributed by atoms with van der Waals surface area (Å²) in [6.45, 7) is 6.24. The van der Waals surface area contributed by atoms with E-state index in [9.17, 15) is 5.11 Å². The molecular formula is C13H19BrO2. The minimum absolute atomic E-state index is 0.119. The Hall–Kier alpha value is -0.540. The van der Waals surface area contributed by atoms with Crippen LogP contribution in [0.2, 0.25) is 0 Å². The van der Waals surface area contributed by atoms with E-state index in [0.717, 1.165) is 22.2 Å². The molecule has 0 atom stereocenters. The van der Waals surface area contributed by atoms with E-state index >= 15 is 0 Å². The molecule has 1 rings (SSSR count). The van der Waals surface area contributed by atoms with Crippen LogP contribution in [0.25, 0.3) is 0 Å². The lowest BCUT2D eigenvalue weighted by Gasteiger charge is -2.24. The van der Waals surface area contributed by atoms with E-state index in [2.05, 4.69) is 28.9 Å². The Morgan fingerprint density at radius 2 is 2.00 bits per heavy atom. The third-order valence-electron chi connectivity index (χ3n) is 2.90. The number of aliphatic hydroxyl groups is 1. The van der Waals surface area contributed by atoms with Crippen LogP contribution >= 0.6 is 15.9 Å². The van der Waals surface area contributed by atoms with Crippen molar-refractivity contribution in [2.75, 3.05) is 13.7 Å². The summed E-state index contributed by atoms with van der Waals surface area (Å²) >= 11 is 3.56. The van der Waals surface area contributed by atoms with Crippen molar-refractivity contribution in [3.8, 4) is 5.75 Å². The molecule has 0 heterocycles. The van der Waals surface area contributed by atoms with E-state index in [-0.39, 0.29) is 12.0 Å². The van der Waals surface area contributed by atoms with E-state index < -0.39 is 0 Å². The van der Waals surface area contributed by atoms with Gasteiger partial charge in [0.2, 0.25) is 0 Å². The van der Waals surface area contributed by atoms with Gasteiger partial charge in [-0.15, -0.1) is 0 Å². The van der Waals surface area contributed by atoms with Gasteiger partial charge in [-0.1, -0.05) is 36.7 Å². The van der Waals surface area contributed by atoms with Gasteiger partial charge in [-0.25, -0.2) is 0 Å². The minimum atomic E-state index is -0.248. The molecule has 1 N–H and O–H groups in total. The zero-order valence-corrected chi connectivity index (χ0v) is 11.9. The number of aliphatic hydroxyl groups excluding tert-OH is 1. The summed E-state index contributed by atoms with van der Waals surface area (Å²) in [6, 6.07) is 4.08. The minimum Gasteiger partial charge on any atom is -0.496 e. The topological polar surface area (TPSA) is 29.5 Å². The maximum atomic E-state index is 9.37. The number of benzene rings is 1. The van der Waals surface area contributed by atoms with Crippen LogP contribution in [0.3, 0.4) is 0 Å². The van der Waals surface area contributed by atoms with Crippen molar-refractivity contribution >= 4 is 15.9 Å². The van der Waals surface area contributed by atoms with Gasteiger partial charge in [0.1, 0.15) is 5.75 Å². The predicted octanol–water partition coefficient (Wildman–Crippen LogP) is 3.29. The first-order valence-corrected chi connectivity index (χ1v) is 6.23. The molecule has 2 nitrogen and oxygen atoms in total. The van der Waals surface area contributed by atoms with Gasteiger partial charge in [-0.2, -0.15) is 0 Å². The molecule has 16 heavy (non-hydrogen) atoms. The Morgan fingerprint density at radius 3 is 2.44 bits per heavy atom. The van der Waals surface area contributed by atoms with Crippen LogP contribution in [0.5, 0.6) is 5.75 Å². The summed E-state index contributed by atoms with van der Waals surface area (Å²) in [7, 11) is 1.68. The van der Waals surface area contributed by atoms with Crippen LogP contribution in [-0.4, -0.2) is 18.8 Å². The summed E-state index contributed by atoms with van der Waals surface area (Å²) in [5.74, 6) is 0.883. The van der Waals surface area contributed by atoms with Gasteiger partial charge in [-0.05, 0) is 24.1 Å². The third kappa shape index (κ3) is 2.58. The van der Waals surface area contributed by atoms with Crippen molar-refractivity contribution < 1.29 is 9.84 Å². The Morgan fingerprint density at radius 1 is 1.38 bits per heavy atom. The van der Waals surface area contributed by atoms with Crippen LogP contribution in [0.4, 0.5) is 0 Å². The summed E-state index contributed by atoms with van der Waals surface area (Å²) < 4.78 is 6.43. The molecule has 0 amide bonds. The van der Waals surface area contributed by atoms with Crippen molar-refractivity contribution in [1.29, 1.82) is 0 Å². The highest BCUT2D eigenvalue weighted by atomic mass is 79.9. The smallest absolute Gasteiger partial charge is 0.123 e. The molecule has 0 aliphatic heterocycles. The van der Waals surface area contributed by atoms with Crippen LogP contribution in [0.1, 0.15) is 31.9 Å². The van der Waals surface area contributed by atoms with Crippen molar-refractivity contribution in [2.45, 2.75) is 32.6 Å². The van der Waals surface area contributed by atoms with E-state index in [4.69, 9.17) is 4.74 Å². The van der Waals surface area contributed by atoms with Gasteiger partial charge in [0, 0.05) is 15.5 Å². The maximum Gasteiger partial charge on any atom is 0.123 e. The molecule has 90 valence electrons. The lowest BCUT2D eigenvalue weighted by atomic mass is 9.85. The molecule has 0 aromatic heterocycles. The number of hydrogen-bond acceptors (Lipinski definition) is 2. The summed E-state index contributed by atoms with van der Waals surface area (Å²) in [5.41, 5.74) is 2.00. The van der Waals surface area contributed by atoms with Crippen LogP contribution < -0.4 is 4.74 Å². The Bertz CT molecular complexity index is 372. The average molecular weight is 287 g/mol. The molecule has 0 bridgehead atoms. The molecular weight excluding hydrogens is 268 g/mol. The fraction of sp³-hybridized carbons (Fsp3) is 0.538. The molecule has 0 fully saturated rings. The molecule has 0 spiro atoms. The summed E-state index contributed by atoms with van der Waals surface area (Å²) in [4.78, 5) is 0. The van der Waals surface area contributed by atoms with Gasteiger partial charge in [-0.3, -0.25) is 0 Å². The number of ether oxygens (including phenoxy) is 1. The molecule has 0 unspecified atom stereocenters. The van der Waals surface area contributed by atoms with Crippen molar-refractivity contribution in [3.05, 3.63) is 27.7 Å². The van der Waals surface area contributed by atoms with Gasteiger partial charge in [0.05, 0.1) is 13.7 Å². The molecule has 0 aliphatic rings. The van der Waals surface area contributed by atoms with Crippen LogP contribution in [-0.2, 0) is 11.8 Å². The van der Waals surface area contributed by atoms with E-state index in [1.54, 1.807) is 7.11 Å². The zero-order valence-electron chi connectivity index (χ0n) is 10.3. The highest BCUT2D eigenvalue weighted by Gasteiger charge is 2.22. The summed E-state index contributed by atoms with van der Waals surface area (Å²) in [5, 5.41) is 9.37. The normalized spacial score (nSPS) is 11.6. The quantitative estimate of drug-likeness (QED) is 0.920. The van der Waals surface area contributed by atoms with Gasteiger partial charge >= 0.3 is 0 Å². The first kappa shape index (κ1) is 13.5. The first-order valence-electron chi connectivity index (χ1n) is 5.44. The van der Waals surface area contributed by atoms with Gasteiger partial charge in [0.25, 0.3) is 0 Å². The van der Waals surface area contributed by atoms with Crippen molar-refractivity contribution in [1.82, 2.24) is 0 Å². The highest BCUT2D eigenvalue weighted by molar-refractivity contribution is 9.10. The molecule has 1 aromatic carbocycles. The van der Waals surface area contributed by atoms with E-state index in [1.165, 1.54) is 5.56 Å². The SMILES string of the molecule is CCc1c(Br)cc(C(C)(C)CO)cc1OC. The highest BCUT2D eigenvalue weighted by Crippen LogP contribution is 2.34. The van der Waals surface area contributed by atoms with Crippen LogP contribution in [0.15, 0.2) is 16.6 Å². The number of rotatable bonds is 4. The second kappa shape index (κ2) is 5.19. The Labute approximate surface area is 106 Å². The van der Waals surface area contributed by atoms with Gasteiger partial charge in [0.15, 0.2) is 0 Å². The predicted molar refractivity (Wildman–Crippen MR) is 70.2 cm³/mol. The molecule has 1 aromatic rings. The van der Waals surface area contributed by atoms with Crippen molar-refractivity contribution in [2.24, 2.45) is 0 Å². The number of methoxy groups -OCH3 is 1. The molecule has 0 saturated heterocycles. The standard InChI is InChI=1S/C13H19BrO2/c1-5-10-11(14)6-9(7-12(10)16-4)13(2,3)8-15/h6-7,15H,5,8H2,1-4H3. The van der Waals surface area contributed by atoms with Crippen LogP contribution in [0, 0.1) is 0 Å². The molecule has 0 aliphatic carbocycles. The van der Waals surface area contributed by atoms with Gasteiger partial charge < -0.3 is 9.84 Å². The maximum absolute atomic E-state index is 9.37. The number of hydrogen-bond donors (Lipinski definition) is 1. The first-order chi connectivity index (χ1) is 7.46. The summed E-state index contributed by atoms with van der Waals surface area (Å²) in [6.07, 6.45) is 0.920. The fourth-order valence-corrected chi connectivity index (χ4v) is 2.34. The third-order valence-corrected chi connectivity index (χ3v) is 3.61. The fourth-order valence-electron chi connectivity index (χ4n) is 1.62. The second-order valence-electron chi connectivity index (χ2n) is 4.53. The average Bonchev–Trinajstić information content (AvgIpc) is 2.27. The molecule has 0 radical (unpaired) electrons. The molecule has 0 saturated carbocycles. The zero-order chi connectivity index (χ0) is 12.3. The van der Waals surface area contributed by atoms with E-state index in [0.29, 0.717) is 0 Å². The Balaban J connectivity index is 3.31. The van der Waals surface area contributed by atoms with E-state index in [1.807, 2.05) is 19.9 Å². The second-order valence-corrected chi connectivity index (χ2v) is 5.39. The monoisotopic (exact) mass is 286 g/mol. The lowest BCUT2D eigenvalue weighted by molar-refractivity contribution is 0.218. The number of halogens is 1. The Kier molecular flexibility index (Phi) is 4.39. The largest absolute Gasteiger partial charge is 0.496 e.